The van der Waals surface area contributed by atoms with Crippen molar-refractivity contribution >= 4 is 17.5 Å². The Balaban J connectivity index is 1.51. The molecule has 0 aliphatic carbocycles. The summed E-state index contributed by atoms with van der Waals surface area (Å²) in [4.78, 5) is 26.8. The molecule has 2 heterocycles. The molecule has 2 unspecified atom stereocenters. The maximum absolute atomic E-state index is 12.2. The Hall–Kier alpha value is -2.18. The number of aryl methyl sites for hydroxylation is 1. The first-order valence-corrected chi connectivity index (χ1v) is 10.7. The molecule has 1 aromatic heterocycles. The lowest BCUT2D eigenvalue weighted by Gasteiger charge is -2.39. The van der Waals surface area contributed by atoms with E-state index < -0.39 is 0 Å². The van der Waals surface area contributed by atoms with Crippen LogP contribution in [0.1, 0.15) is 39.5 Å². The maximum Gasteiger partial charge on any atom is 0.266 e. The molecule has 1 aliphatic rings. The van der Waals surface area contributed by atoms with Crippen molar-refractivity contribution in [2.45, 2.75) is 58.2 Å². The van der Waals surface area contributed by atoms with Gasteiger partial charge in [-0.05, 0) is 44.9 Å². The first-order valence-electron chi connectivity index (χ1n) is 10.3. The fourth-order valence-electron chi connectivity index (χ4n) is 3.92. The minimum absolute atomic E-state index is 0.0621. The zero-order valence-electron chi connectivity index (χ0n) is 17.1. The summed E-state index contributed by atoms with van der Waals surface area (Å²) >= 11 is 5.92. The molecule has 0 saturated carbocycles. The van der Waals surface area contributed by atoms with Gasteiger partial charge in [-0.1, -0.05) is 30.2 Å². The van der Waals surface area contributed by atoms with Gasteiger partial charge >= 0.3 is 0 Å². The van der Waals surface area contributed by atoms with Crippen LogP contribution in [0, 0.1) is 0 Å². The summed E-state index contributed by atoms with van der Waals surface area (Å²) < 4.78 is 1.35. The van der Waals surface area contributed by atoms with Crippen LogP contribution in [0.25, 0.3) is 11.3 Å². The molecule has 0 bridgehead atoms. The third-order valence-electron chi connectivity index (χ3n) is 5.63. The van der Waals surface area contributed by atoms with E-state index in [1.165, 1.54) is 30.0 Å². The molecule has 1 amide bonds. The first-order chi connectivity index (χ1) is 13.9. The summed E-state index contributed by atoms with van der Waals surface area (Å²) in [6.45, 7) is 6.24. The molecule has 2 aromatic rings. The van der Waals surface area contributed by atoms with Crippen LogP contribution in [0.4, 0.5) is 0 Å². The van der Waals surface area contributed by atoms with Gasteiger partial charge in [-0.3, -0.25) is 14.5 Å². The summed E-state index contributed by atoms with van der Waals surface area (Å²) in [6.07, 6.45) is 3.94. The van der Waals surface area contributed by atoms with Gasteiger partial charge in [0.05, 0.1) is 12.2 Å². The quantitative estimate of drug-likeness (QED) is 0.751. The number of nitrogens with zero attached hydrogens (tertiary/aromatic N) is 3. The van der Waals surface area contributed by atoms with Gasteiger partial charge in [0.1, 0.15) is 0 Å². The van der Waals surface area contributed by atoms with Gasteiger partial charge in [0.25, 0.3) is 5.56 Å². The van der Waals surface area contributed by atoms with E-state index in [-0.39, 0.29) is 24.4 Å². The Morgan fingerprint density at radius 2 is 1.79 bits per heavy atom. The lowest BCUT2D eigenvalue weighted by Crippen LogP contribution is -2.47. The van der Waals surface area contributed by atoms with Crippen LogP contribution in [0.3, 0.4) is 0 Å². The molecule has 29 heavy (non-hydrogen) atoms. The van der Waals surface area contributed by atoms with Gasteiger partial charge in [-0.2, -0.15) is 5.10 Å². The van der Waals surface area contributed by atoms with Crippen LogP contribution in [0.15, 0.2) is 41.2 Å². The first kappa shape index (κ1) is 21.5. The van der Waals surface area contributed by atoms with Crippen molar-refractivity contribution in [1.29, 1.82) is 0 Å². The van der Waals surface area contributed by atoms with Gasteiger partial charge in [0.15, 0.2) is 0 Å². The summed E-state index contributed by atoms with van der Waals surface area (Å²) in [7, 11) is 0. The minimum Gasteiger partial charge on any atom is -0.355 e. The molecule has 3 rings (SSSR count). The lowest BCUT2D eigenvalue weighted by molar-refractivity contribution is -0.121. The Kier molecular flexibility index (Phi) is 7.45. The number of halogens is 1. The number of nitrogens with one attached hydrogen (secondary N) is 1. The number of rotatable bonds is 7. The van der Waals surface area contributed by atoms with Gasteiger partial charge in [-0.25, -0.2) is 4.68 Å². The molecular formula is C22H29ClN4O2. The van der Waals surface area contributed by atoms with Crippen LogP contribution >= 0.6 is 11.6 Å². The molecule has 6 nitrogen and oxygen atoms in total. The number of piperidine rings is 1. The summed E-state index contributed by atoms with van der Waals surface area (Å²) in [6, 6.07) is 11.6. The highest BCUT2D eigenvalue weighted by molar-refractivity contribution is 6.30. The lowest BCUT2D eigenvalue weighted by atomic mass is 9.98. The maximum atomic E-state index is 12.2. The van der Waals surface area contributed by atoms with Crippen LogP contribution in [-0.2, 0) is 11.3 Å². The molecule has 1 aliphatic heterocycles. The molecule has 1 aromatic carbocycles. The highest BCUT2D eigenvalue weighted by Gasteiger charge is 2.23. The van der Waals surface area contributed by atoms with Gasteiger partial charge < -0.3 is 5.32 Å². The molecule has 156 valence electrons. The number of carbonyl (C=O) groups excluding carboxylic acids is 1. The number of aromatic nitrogens is 2. The highest BCUT2D eigenvalue weighted by atomic mass is 35.5. The standard InChI is InChI=1S/C22H29ClN4O2/c1-16-4-3-5-17(2)26(16)15-13-24-21(28)12-14-27-22(29)11-10-20(25-27)18-6-8-19(23)9-7-18/h6-11,16-17H,3-5,12-15H2,1-2H3,(H,24,28). The number of carbonyl (C=O) groups is 1. The molecule has 1 N–H and O–H groups in total. The number of benzene rings is 1. The smallest absolute Gasteiger partial charge is 0.266 e. The third-order valence-corrected chi connectivity index (χ3v) is 5.88. The normalized spacial score (nSPS) is 19.8. The number of hydrogen-bond donors (Lipinski definition) is 1. The van der Waals surface area contributed by atoms with E-state index in [0.717, 1.165) is 12.1 Å². The molecule has 0 radical (unpaired) electrons. The van der Waals surface area contributed by atoms with Crippen LogP contribution in [0.5, 0.6) is 0 Å². The van der Waals surface area contributed by atoms with E-state index in [9.17, 15) is 9.59 Å². The topological polar surface area (TPSA) is 67.2 Å². The number of likely N-dealkylation sites (tertiary alicyclic amines) is 1. The Morgan fingerprint density at radius 1 is 1.10 bits per heavy atom. The Labute approximate surface area is 176 Å². The molecule has 1 fully saturated rings. The van der Waals surface area contributed by atoms with Crippen LogP contribution in [0.2, 0.25) is 5.02 Å². The number of amides is 1. The Morgan fingerprint density at radius 3 is 2.48 bits per heavy atom. The van der Waals surface area contributed by atoms with E-state index in [1.54, 1.807) is 18.2 Å². The van der Waals surface area contributed by atoms with Crippen molar-refractivity contribution in [2.75, 3.05) is 13.1 Å². The molecular weight excluding hydrogens is 388 g/mol. The summed E-state index contributed by atoms with van der Waals surface area (Å²) in [5, 5.41) is 8.01. The third kappa shape index (κ3) is 5.90. The molecule has 1 saturated heterocycles. The number of hydrogen-bond acceptors (Lipinski definition) is 4. The fraction of sp³-hybridized carbons (Fsp3) is 0.500. The predicted octanol–water partition coefficient (Wildman–Crippen LogP) is 3.33. The summed E-state index contributed by atoms with van der Waals surface area (Å²) in [5.74, 6) is -0.0621. The van der Waals surface area contributed by atoms with E-state index >= 15 is 0 Å². The van der Waals surface area contributed by atoms with Crippen molar-refractivity contribution in [3.05, 3.63) is 51.8 Å². The Bertz CT molecular complexity index is 871. The molecule has 0 spiro atoms. The highest BCUT2D eigenvalue weighted by Crippen LogP contribution is 2.21. The van der Waals surface area contributed by atoms with Crippen molar-refractivity contribution < 1.29 is 4.79 Å². The second-order valence-corrected chi connectivity index (χ2v) is 8.19. The molecule has 2 atom stereocenters. The van der Waals surface area contributed by atoms with Crippen molar-refractivity contribution in [2.24, 2.45) is 0 Å². The minimum atomic E-state index is -0.216. The fourth-order valence-corrected chi connectivity index (χ4v) is 4.05. The van der Waals surface area contributed by atoms with Crippen molar-refractivity contribution in [3.8, 4) is 11.3 Å². The van der Waals surface area contributed by atoms with Crippen molar-refractivity contribution in [3.63, 3.8) is 0 Å². The average Bonchev–Trinajstić information content (AvgIpc) is 2.70. The van der Waals surface area contributed by atoms with E-state index in [0.29, 0.717) is 29.3 Å². The summed E-state index contributed by atoms with van der Waals surface area (Å²) in [5.41, 5.74) is 1.33. The van der Waals surface area contributed by atoms with E-state index in [2.05, 4.69) is 29.2 Å². The second-order valence-electron chi connectivity index (χ2n) is 7.75. The SMILES string of the molecule is CC1CCCC(C)N1CCNC(=O)CCn1nc(-c2ccc(Cl)cc2)ccc1=O. The molecule has 7 heteroatoms. The predicted molar refractivity (Wildman–Crippen MR) is 116 cm³/mol. The van der Waals surface area contributed by atoms with Crippen molar-refractivity contribution in [1.82, 2.24) is 20.0 Å². The van der Waals surface area contributed by atoms with Gasteiger partial charge in [0, 0.05) is 48.2 Å². The van der Waals surface area contributed by atoms with E-state index in [4.69, 9.17) is 11.6 Å². The van der Waals surface area contributed by atoms with Gasteiger partial charge in [-0.15, -0.1) is 0 Å². The zero-order chi connectivity index (χ0) is 20.8. The largest absolute Gasteiger partial charge is 0.355 e. The van der Waals surface area contributed by atoms with Crippen LogP contribution < -0.4 is 10.9 Å². The second kappa shape index (κ2) is 10.0. The van der Waals surface area contributed by atoms with Crippen LogP contribution in [-0.4, -0.2) is 45.8 Å². The monoisotopic (exact) mass is 416 g/mol. The zero-order valence-corrected chi connectivity index (χ0v) is 17.9. The van der Waals surface area contributed by atoms with E-state index in [1.807, 2.05) is 12.1 Å². The van der Waals surface area contributed by atoms with Gasteiger partial charge in [0.2, 0.25) is 5.91 Å². The average molecular weight is 417 g/mol.